The monoisotopic (exact) mass is 259 g/mol. The minimum absolute atomic E-state index is 0.228. The number of imidazole rings is 1. The molecular formula is C9H13N3O4S. The van der Waals surface area contributed by atoms with E-state index in [9.17, 15) is 9.59 Å². The highest BCUT2D eigenvalue weighted by molar-refractivity contribution is 8.13. The quantitative estimate of drug-likeness (QED) is 0.523. The van der Waals surface area contributed by atoms with Gasteiger partial charge in [0.25, 0.3) is 0 Å². The maximum absolute atomic E-state index is 11.3. The average molecular weight is 259 g/mol. The summed E-state index contributed by atoms with van der Waals surface area (Å²) in [5, 5.41) is 7.72. The third kappa shape index (κ3) is 4.45. The van der Waals surface area contributed by atoms with E-state index in [0.717, 1.165) is 0 Å². The number of nitrogens with two attached hydrogens (primary N) is 1. The first-order chi connectivity index (χ1) is 8.02. The summed E-state index contributed by atoms with van der Waals surface area (Å²) in [5.41, 5.74) is 6.19. The Balaban J connectivity index is 2.54. The number of esters is 1. The summed E-state index contributed by atoms with van der Waals surface area (Å²) in [4.78, 5) is 28.2. The zero-order valence-corrected chi connectivity index (χ0v) is 9.99. The fourth-order valence-corrected chi connectivity index (χ4v) is 1.60. The molecular weight excluding hydrogens is 246 g/mol. The lowest BCUT2D eigenvalue weighted by Gasteiger charge is -2.08. The Kier molecular flexibility index (Phi) is 4.98. The lowest BCUT2D eigenvalue weighted by Crippen LogP contribution is -2.34. The number of carbonyl (C=O) groups is 2. The first-order valence-electron chi connectivity index (χ1n) is 4.89. The molecule has 7 nitrogen and oxygen atoms in total. The number of thioether (sulfide) groups is 1. The van der Waals surface area contributed by atoms with Gasteiger partial charge in [0, 0.05) is 30.1 Å². The van der Waals surface area contributed by atoms with Crippen LogP contribution in [0.2, 0.25) is 0 Å². The molecule has 1 aromatic rings. The minimum Gasteiger partial charge on any atom is -0.473 e. The predicted molar refractivity (Wildman–Crippen MR) is 60.8 cm³/mol. The van der Waals surface area contributed by atoms with Gasteiger partial charge in [-0.2, -0.15) is 0 Å². The first kappa shape index (κ1) is 13.5. The van der Waals surface area contributed by atoms with Gasteiger partial charge in [0.2, 0.25) is 0 Å². The average Bonchev–Trinajstić information content (AvgIpc) is 2.64. The molecule has 1 heterocycles. The van der Waals surface area contributed by atoms with E-state index in [-0.39, 0.29) is 18.2 Å². The number of ether oxygens (including phenoxy) is 1. The molecule has 1 rings (SSSR count). The lowest BCUT2D eigenvalue weighted by molar-refractivity contribution is -0.144. The molecule has 0 aliphatic rings. The van der Waals surface area contributed by atoms with Crippen LogP contribution in [0.4, 0.5) is 4.79 Å². The van der Waals surface area contributed by atoms with E-state index in [4.69, 9.17) is 15.6 Å². The van der Waals surface area contributed by atoms with Gasteiger partial charge in [-0.3, -0.25) is 4.79 Å². The van der Waals surface area contributed by atoms with Crippen molar-refractivity contribution < 1.29 is 19.4 Å². The Bertz CT molecular complexity index is 407. The third-order valence-electron chi connectivity index (χ3n) is 1.82. The number of nitrogens with one attached hydrogen (secondary N) is 1. The Morgan fingerprint density at radius 3 is 3.00 bits per heavy atom. The van der Waals surface area contributed by atoms with E-state index >= 15 is 0 Å². The van der Waals surface area contributed by atoms with Gasteiger partial charge in [0.05, 0.1) is 6.61 Å². The van der Waals surface area contributed by atoms with E-state index in [1.165, 1.54) is 6.20 Å². The van der Waals surface area contributed by atoms with E-state index in [1.54, 1.807) is 6.92 Å². The van der Waals surface area contributed by atoms with Crippen LogP contribution >= 0.6 is 11.8 Å². The van der Waals surface area contributed by atoms with Crippen molar-refractivity contribution in [2.45, 2.75) is 24.5 Å². The summed E-state index contributed by atoms with van der Waals surface area (Å²) in [5.74, 6) is -0.491. The smallest absolute Gasteiger partial charge is 0.372 e. The summed E-state index contributed by atoms with van der Waals surface area (Å²) in [6.07, 6.45) is 1.68. The van der Waals surface area contributed by atoms with E-state index in [1.807, 2.05) is 0 Å². The van der Waals surface area contributed by atoms with Crippen molar-refractivity contribution in [3.63, 3.8) is 0 Å². The van der Waals surface area contributed by atoms with E-state index < -0.39 is 17.3 Å². The predicted octanol–water partition coefficient (Wildman–Crippen LogP) is 0.613. The topological polar surface area (TPSA) is 118 Å². The molecule has 17 heavy (non-hydrogen) atoms. The maximum Gasteiger partial charge on any atom is 0.372 e. The lowest BCUT2D eigenvalue weighted by atomic mass is 10.2. The van der Waals surface area contributed by atoms with Gasteiger partial charge in [-0.05, 0) is 6.92 Å². The van der Waals surface area contributed by atoms with Crippen LogP contribution in [0.5, 0.6) is 0 Å². The molecule has 0 aliphatic heterocycles. The van der Waals surface area contributed by atoms with Crippen molar-refractivity contribution in [1.82, 2.24) is 9.97 Å². The Labute approximate surface area is 102 Å². The number of hydrogen-bond acceptors (Lipinski definition) is 6. The number of carboxylic acid groups (broad SMARTS) is 1. The molecule has 94 valence electrons. The molecule has 1 atom stereocenters. The number of nitrogens with zero attached hydrogens (tertiary/aromatic N) is 1. The highest BCUT2D eigenvalue weighted by atomic mass is 32.2. The van der Waals surface area contributed by atoms with Crippen molar-refractivity contribution in [1.29, 1.82) is 0 Å². The fraction of sp³-hybridized carbons (Fsp3) is 0.444. The molecule has 0 saturated heterocycles. The minimum atomic E-state index is -1.06. The Morgan fingerprint density at radius 1 is 1.71 bits per heavy atom. The molecule has 0 aromatic carbocycles. The summed E-state index contributed by atoms with van der Waals surface area (Å²) < 4.78 is 4.75. The van der Waals surface area contributed by atoms with Crippen molar-refractivity contribution in [2.75, 3.05) is 6.61 Å². The van der Waals surface area contributed by atoms with Crippen LogP contribution in [0, 0.1) is 0 Å². The van der Waals surface area contributed by atoms with E-state index in [0.29, 0.717) is 17.5 Å². The molecule has 0 spiro atoms. The maximum atomic E-state index is 11.3. The van der Waals surface area contributed by atoms with Gasteiger partial charge < -0.3 is 20.6 Å². The zero-order valence-electron chi connectivity index (χ0n) is 9.17. The molecule has 1 aromatic heterocycles. The summed E-state index contributed by atoms with van der Waals surface area (Å²) in [6, 6.07) is -0.780. The number of rotatable bonds is 5. The van der Waals surface area contributed by atoms with Crippen LogP contribution in [0.3, 0.4) is 0 Å². The van der Waals surface area contributed by atoms with Gasteiger partial charge in [-0.15, -0.1) is 0 Å². The third-order valence-corrected chi connectivity index (χ3v) is 2.39. The van der Waals surface area contributed by atoms with Gasteiger partial charge in [0.1, 0.15) is 6.04 Å². The number of hydrogen-bond donors (Lipinski definition) is 3. The molecule has 4 N–H and O–H groups in total. The molecule has 0 amide bonds. The standard InChI is InChI=1S/C9H13N3O4S/c1-2-16-7(13)6(10)3-5-4-11-8(12-5)17-9(14)15/h4,6H,2-3,10H2,1H3,(H,11,12)(H,14,15). The second-order valence-corrected chi connectivity index (χ2v) is 4.08. The van der Waals surface area contributed by atoms with E-state index in [2.05, 4.69) is 9.97 Å². The van der Waals surface area contributed by atoms with Crippen LogP contribution < -0.4 is 5.73 Å². The molecule has 1 unspecified atom stereocenters. The van der Waals surface area contributed by atoms with Crippen LogP contribution in [-0.4, -0.2) is 39.0 Å². The SMILES string of the molecule is CCOC(=O)C(N)Cc1cnc(SC(=O)O)[nH]1. The van der Waals surface area contributed by atoms with Gasteiger partial charge >= 0.3 is 11.3 Å². The summed E-state index contributed by atoms with van der Waals surface area (Å²) in [7, 11) is 0. The highest BCUT2D eigenvalue weighted by Gasteiger charge is 2.16. The van der Waals surface area contributed by atoms with Gasteiger partial charge in [-0.25, -0.2) is 9.78 Å². The summed E-state index contributed by atoms with van der Waals surface area (Å²) >= 11 is 0.558. The van der Waals surface area contributed by atoms with Gasteiger partial charge in [-0.1, -0.05) is 0 Å². The van der Waals surface area contributed by atoms with Crippen LogP contribution in [0.1, 0.15) is 12.6 Å². The number of H-pyrrole nitrogens is 1. The summed E-state index contributed by atoms with van der Waals surface area (Å²) in [6.45, 7) is 1.97. The van der Waals surface area contributed by atoms with Crippen molar-refractivity contribution in [2.24, 2.45) is 5.73 Å². The van der Waals surface area contributed by atoms with Crippen molar-refractivity contribution in [3.05, 3.63) is 11.9 Å². The fourth-order valence-electron chi connectivity index (χ4n) is 1.15. The molecule has 0 aliphatic carbocycles. The molecule has 0 radical (unpaired) electrons. The molecule has 0 bridgehead atoms. The van der Waals surface area contributed by atoms with Gasteiger partial charge in [0.15, 0.2) is 5.16 Å². The Morgan fingerprint density at radius 2 is 2.41 bits per heavy atom. The molecule has 8 heteroatoms. The van der Waals surface area contributed by atoms with Crippen molar-refractivity contribution in [3.8, 4) is 0 Å². The first-order valence-corrected chi connectivity index (χ1v) is 5.71. The second kappa shape index (κ2) is 6.26. The number of carbonyl (C=O) groups excluding carboxylic acids is 1. The Hall–Kier alpha value is -1.54. The zero-order chi connectivity index (χ0) is 12.8. The van der Waals surface area contributed by atoms with Crippen LogP contribution in [-0.2, 0) is 16.0 Å². The van der Waals surface area contributed by atoms with Crippen molar-refractivity contribution >= 4 is 23.0 Å². The highest BCUT2D eigenvalue weighted by Crippen LogP contribution is 2.14. The van der Waals surface area contributed by atoms with Crippen LogP contribution in [0.15, 0.2) is 11.4 Å². The molecule has 0 saturated carbocycles. The number of aromatic nitrogens is 2. The second-order valence-electron chi connectivity index (χ2n) is 3.14. The largest absolute Gasteiger partial charge is 0.473 e. The van der Waals surface area contributed by atoms with Crippen LogP contribution in [0.25, 0.3) is 0 Å². The normalized spacial score (nSPS) is 12.1. The molecule has 0 fully saturated rings. The number of aromatic amines is 1.